The lowest BCUT2D eigenvalue weighted by atomic mass is 10.1. The van der Waals surface area contributed by atoms with E-state index in [0.29, 0.717) is 35.8 Å². The van der Waals surface area contributed by atoms with Crippen LogP contribution in [0.5, 0.6) is 17.4 Å². The number of para-hydroxylation sites is 1. The van der Waals surface area contributed by atoms with E-state index in [0.717, 1.165) is 6.07 Å². The van der Waals surface area contributed by atoms with Crippen LogP contribution >= 0.6 is 0 Å². The first-order valence-electron chi connectivity index (χ1n) is 13.4. The van der Waals surface area contributed by atoms with Crippen molar-refractivity contribution in [3.63, 3.8) is 0 Å². The summed E-state index contributed by atoms with van der Waals surface area (Å²) >= 11 is 0. The van der Waals surface area contributed by atoms with Crippen LogP contribution in [0.25, 0.3) is 0 Å². The Morgan fingerprint density at radius 1 is 0.953 bits per heavy atom. The van der Waals surface area contributed by atoms with Crippen molar-refractivity contribution in [3.05, 3.63) is 108 Å². The Bertz CT molecular complexity index is 1710. The molecule has 0 atom stereocenters. The van der Waals surface area contributed by atoms with E-state index in [1.807, 2.05) is 0 Å². The predicted molar refractivity (Wildman–Crippen MR) is 155 cm³/mol. The zero-order valence-corrected chi connectivity index (χ0v) is 23.7. The summed E-state index contributed by atoms with van der Waals surface area (Å²) in [5.74, 6) is -0.651. The second-order valence-corrected chi connectivity index (χ2v) is 11.8. The number of rotatable bonds is 10. The predicted octanol–water partition coefficient (Wildman–Crippen LogP) is 5.12. The van der Waals surface area contributed by atoms with Gasteiger partial charge in [0.2, 0.25) is 21.8 Å². The summed E-state index contributed by atoms with van der Waals surface area (Å²) in [5.41, 5.74) is 0.850. The Hall–Kier alpha value is -4.81. The lowest BCUT2D eigenvalue weighted by Gasteiger charge is -2.31. The molecule has 4 aromatic rings. The number of aromatic nitrogens is 1. The Labute approximate surface area is 247 Å². The molecular weight excluding hydrogens is 577 g/mol. The third-order valence-corrected chi connectivity index (χ3v) is 8.67. The number of sulfonamides is 1. The van der Waals surface area contributed by atoms with Gasteiger partial charge in [-0.2, -0.15) is 4.31 Å². The van der Waals surface area contributed by atoms with Crippen molar-refractivity contribution in [2.24, 2.45) is 0 Å². The number of halogens is 1. The Morgan fingerprint density at radius 3 is 2.35 bits per heavy atom. The molecule has 5 rings (SSSR count). The number of pyridine rings is 1. The van der Waals surface area contributed by atoms with Crippen LogP contribution < -0.4 is 14.8 Å². The fourth-order valence-electron chi connectivity index (χ4n) is 4.60. The Kier molecular flexibility index (Phi) is 8.98. The van der Waals surface area contributed by atoms with Crippen LogP contribution in [0, 0.1) is 5.82 Å². The molecule has 43 heavy (non-hydrogen) atoms. The number of carbonyl (C=O) groups is 2. The number of hydrogen-bond donors (Lipinski definition) is 2. The number of nitrogens with zero attached hydrogens (tertiary/aromatic N) is 2. The molecule has 10 nitrogen and oxygen atoms in total. The monoisotopic (exact) mass is 605 g/mol. The third-order valence-electron chi connectivity index (χ3n) is 6.78. The Balaban J connectivity index is 1.10. The zero-order chi connectivity index (χ0) is 30.4. The summed E-state index contributed by atoms with van der Waals surface area (Å²) in [4.78, 5) is 27.9. The SMILES string of the molecule is O=C(Cc1ccc(Oc2ccc(OC3CCN(S(=O)(=O)c4cccc(F)c4)CC3)cc2)nc1)Nc1ccccc1C(=O)O. The molecule has 1 aromatic heterocycles. The molecule has 0 spiro atoms. The van der Waals surface area contributed by atoms with Crippen molar-refractivity contribution in [1.29, 1.82) is 0 Å². The summed E-state index contributed by atoms with van der Waals surface area (Å²) < 4.78 is 52.3. The van der Waals surface area contributed by atoms with Crippen LogP contribution in [-0.2, 0) is 21.2 Å². The molecule has 222 valence electrons. The van der Waals surface area contributed by atoms with Crippen molar-refractivity contribution in [1.82, 2.24) is 9.29 Å². The van der Waals surface area contributed by atoms with Gasteiger partial charge in [-0.1, -0.05) is 24.3 Å². The molecule has 0 bridgehead atoms. The molecule has 1 aliphatic rings. The maximum atomic E-state index is 13.5. The lowest BCUT2D eigenvalue weighted by molar-refractivity contribution is -0.115. The number of hydrogen-bond acceptors (Lipinski definition) is 7. The number of aromatic carboxylic acids is 1. The summed E-state index contributed by atoms with van der Waals surface area (Å²) in [5, 5.41) is 11.9. The van der Waals surface area contributed by atoms with Crippen LogP contribution in [0.1, 0.15) is 28.8 Å². The van der Waals surface area contributed by atoms with E-state index in [2.05, 4.69) is 10.3 Å². The smallest absolute Gasteiger partial charge is 0.337 e. The van der Waals surface area contributed by atoms with Gasteiger partial charge >= 0.3 is 5.97 Å². The normalized spacial score (nSPS) is 14.2. The van der Waals surface area contributed by atoms with Gasteiger partial charge in [-0.15, -0.1) is 0 Å². The van der Waals surface area contributed by atoms with Gasteiger partial charge in [0.15, 0.2) is 0 Å². The summed E-state index contributed by atoms with van der Waals surface area (Å²) in [6, 6.07) is 21.4. The average molecular weight is 606 g/mol. The van der Waals surface area contributed by atoms with Gasteiger partial charge in [0, 0.05) is 25.4 Å². The minimum absolute atomic E-state index is 0.00291. The second-order valence-electron chi connectivity index (χ2n) is 9.83. The Morgan fingerprint density at radius 2 is 1.67 bits per heavy atom. The summed E-state index contributed by atoms with van der Waals surface area (Å²) in [6.45, 7) is 0.535. The minimum Gasteiger partial charge on any atom is -0.490 e. The molecule has 1 fully saturated rings. The number of carboxylic acid groups (broad SMARTS) is 1. The van der Waals surface area contributed by atoms with Crippen molar-refractivity contribution < 1.29 is 37.0 Å². The van der Waals surface area contributed by atoms with Gasteiger partial charge < -0.3 is 19.9 Å². The quantitative estimate of drug-likeness (QED) is 0.254. The average Bonchev–Trinajstić information content (AvgIpc) is 2.99. The number of amides is 1. The maximum absolute atomic E-state index is 13.5. The van der Waals surface area contributed by atoms with Crippen LogP contribution in [0.4, 0.5) is 10.1 Å². The van der Waals surface area contributed by atoms with Crippen molar-refractivity contribution >= 4 is 27.6 Å². The van der Waals surface area contributed by atoms with E-state index in [-0.39, 0.29) is 47.7 Å². The molecule has 0 aliphatic carbocycles. The van der Waals surface area contributed by atoms with E-state index >= 15 is 0 Å². The maximum Gasteiger partial charge on any atom is 0.337 e. The first-order valence-corrected chi connectivity index (χ1v) is 14.9. The number of anilines is 1. The molecule has 0 radical (unpaired) electrons. The van der Waals surface area contributed by atoms with Gasteiger partial charge in [0.25, 0.3) is 0 Å². The number of nitrogens with one attached hydrogen (secondary N) is 1. The summed E-state index contributed by atoms with van der Waals surface area (Å²) in [7, 11) is -3.77. The molecule has 3 aromatic carbocycles. The number of ether oxygens (including phenoxy) is 2. The molecular formula is C31H28FN3O7S. The highest BCUT2D eigenvalue weighted by molar-refractivity contribution is 7.89. The van der Waals surface area contributed by atoms with E-state index in [9.17, 15) is 27.5 Å². The van der Waals surface area contributed by atoms with Crippen LogP contribution in [0.3, 0.4) is 0 Å². The molecule has 1 amide bonds. The van der Waals surface area contributed by atoms with E-state index in [1.165, 1.54) is 40.8 Å². The van der Waals surface area contributed by atoms with Gasteiger partial charge in [-0.25, -0.2) is 22.6 Å². The van der Waals surface area contributed by atoms with Gasteiger partial charge in [-0.05, 0) is 73.0 Å². The topological polar surface area (TPSA) is 135 Å². The zero-order valence-electron chi connectivity index (χ0n) is 22.9. The van der Waals surface area contributed by atoms with Crippen molar-refractivity contribution in [2.75, 3.05) is 18.4 Å². The fraction of sp³-hybridized carbons (Fsp3) is 0.194. The first kappa shape index (κ1) is 29.7. The van der Waals surface area contributed by atoms with Crippen molar-refractivity contribution in [2.45, 2.75) is 30.3 Å². The highest BCUT2D eigenvalue weighted by Crippen LogP contribution is 2.27. The van der Waals surface area contributed by atoms with Crippen LogP contribution in [0.15, 0.2) is 96.0 Å². The van der Waals surface area contributed by atoms with Crippen molar-refractivity contribution in [3.8, 4) is 17.4 Å². The van der Waals surface area contributed by atoms with Crippen LogP contribution in [0.2, 0.25) is 0 Å². The van der Waals surface area contributed by atoms with E-state index in [1.54, 1.807) is 48.5 Å². The highest BCUT2D eigenvalue weighted by atomic mass is 32.2. The number of benzene rings is 3. The molecule has 0 saturated carbocycles. The van der Waals surface area contributed by atoms with Gasteiger partial charge in [0.05, 0.1) is 22.6 Å². The second kappa shape index (κ2) is 13.0. The number of piperidine rings is 1. The summed E-state index contributed by atoms with van der Waals surface area (Å²) in [6.07, 6.45) is 2.33. The third kappa shape index (κ3) is 7.53. The number of carboxylic acids is 1. The number of carbonyl (C=O) groups excluding carboxylic acids is 1. The van der Waals surface area contributed by atoms with E-state index < -0.39 is 21.8 Å². The lowest BCUT2D eigenvalue weighted by Crippen LogP contribution is -2.41. The highest BCUT2D eigenvalue weighted by Gasteiger charge is 2.30. The molecule has 1 saturated heterocycles. The molecule has 0 unspecified atom stereocenters. The standard InChI is InChI=1S/C31H28FN3O7S/c32-22-4-3-5-26(19-22)43(39,40)35-16-14-25(15-17-35)41-23-9-11-24(12-10-23)42-30-13-8-21(20-33-30)18-29(36)34-28-7-2-1-6-27(28)31(37)38/h1-13,19-20,25H,14-18H2,(H,34,36)(H,37,38). The molecule has 1 aliphatic heterocycles. The fourth-order valence-corrected chi connectivity index (χ4v) is 6.10. The van der Waals surface area contributed by atoms with Gasteiger partial charge in [-0.3, -0.25) is 4.79 Å². The molecule has 2 N–H and O–H groups in total. The largest absolute Gasteiger partial charge is 0.490 e. The van der Waals surface area contributed by atoms with E-state index in [4.69, 9.17) is 9.47 Å². The van der Waals surface area contributed by atoms with Crippen LogP contribution in [-0.4, -0.2) is 53.9 Å². The van der Waals surface area contributed by atoms with Gasteiger partial charge in [0.1, 0.15) is 23.4 Å². The molecule has 2 heterocycles. The minimum atomic E-state index is -3.77. The first-order chi connectivity index (χ1) is 20.7. The molecule has 12 heteroatoms.